The number of benzene rings is 2. The van der Waals surface area contributed by atoms with Crippen LogP contribution in [0.5, 0.6) is 5.75 Å². The zero-order valence-corrected chi connectivity index (χ0v) is 31.3. The van der Waals surface area contributed by atoms with E-state index in [0.717, 1.165) is 60.3 Å². The summed E-state index contributed by atoms with van der Waals surface area (Å²) in [6.07, 6.45) is 20.4. The molecule has 5 heteroatoms. The minimum absolute atomic E-state index is 0.160. The standard InChI is InChI=1S/C46H56O5/c1-29(2)10-8-11-30(3)39-22-23-40-37-21-18-32-28-34(24-26-45(32,4)41(37)25-27-46(39,40)5)51-44(49)50-33-19-16-31(17-20-33)12-9-15-38-42(47)35-13-6-7-14-36(35)43(38)48/h6-7,9,12-20,29-30,34,37,39-41H,8,10-11,21-28H2,1-5H3/b12-9+/t30-,34?,37+,39-,40+,41+,45+,46-/m1/s1. The Morgan fingerprint density at radius 3 is 2.31 bits per heavy atom. The molecule has 0 aromatic heterocycles. The molecule has 3 fully saturated rings. The number of allylic oxidation sites excluding steroid dienone is 4. The van der Waals surface area contributed by atoms with Gasteiger partial charge in [-0.3, -0.25) is 9.59 Å². The summed E-state index contributed by atoms with van der Waals surface area (Å²) in [5, 5.41) is 0. The van der Waals surface area contributed by atoms with Gasteiger partial charge >= 0.3 is 6.16 Å². The van der Waals surface area contributed by atoms with Gasteiger partial charge in [0.25, 0.3) is 0 Å². The minimum atomic E-state index is -0.656. The smallest absolute Gasteiger partial charge is 0.430 e. The molecule has 0 bridgehead atoms. The lowest BCUT2D eigenvalue weighted by molar-refractivity contribution is -0.0597. The molecule has 0 N–H and O–H groups in total. The topological polar surface area (TPSA) is 69.7 Å². The Bertz CT molecular complexity index is 1710. The highest BCUT2D eigenvalue weighted by Crippen LogP contribution is 2.67. The number of ketones is 2. The van der Waals surface area contributed by atoms with Crippen molar-refractivity contribution in [3.63, 3.8) is 0 Å². The third kappa shape index (κ3) is 6.82. The van der Waals surface area contributed by atoms with Gasteiger partial charge in [0, 0.05) is 17.5 Å². The lowest BCUT2D eigenvalue weighted by atomic mass is 9.47. The van der Waals surface area contributed by atoms with Gasteiger partial charge in [-0.2, -0.15) is 0 Å². The molecule has 0 radical (unpaired) electrons. The summed E-state index contributed by atoms with van der Waals surface area (Å²) in [5.74, 6) is 4.78. The highest BCUT2D eigenvalue weighted by molar-refractivity contribution is 6.39. The molecule has 2 aromatic rings. The second kappa shape index (κ2) is 14.4. The Hall–Kier alpha value is -3.73. The van der Waals surface area contributed by atoms with E-state index in [-0.39, 0.29) is 28.7 Å². The lowest BCUT2D eigenvalue weighted by Crippen LogP contribution is -2.51. The second-order valence-corrected chi connectivity index (χ2v) is 17.3. The zero-order chi connectivity index (χ0) is 35.9. The van der Waals surface area contributed by atoms with Crippen LogP contribution in [-0.2, 0) is 4.74 Å². The van der Waals surface area contributed by atoms with Crippen molar-refractivity contribution in [3.05, 3.63) is 94.6 Å². The van der Waals surface area contributed by atoms with Crippen molar-refractivity contribution in [3.8, 4) is 5.75 Å². The maximum atomic E-state index is 12.9. The molecule has 51 heavy (non-hydrogen) atoms. The monoisotopic (exact) mass is 688 g/mol. The van der Waals surface area contributed by atoms with Gasteiger partial charge < -0.3 is 9.47 Å². The van der Waals surface area contributed by atoms with Crippen LogP contribution in [0.3, 0.4) is 0 Å². The van der Waals surface area contributed by atoms with Crippen molar-refractivity contribution >= 4 is 23.8 Å². The van der Waals surface area contributed by atoms with Gasteiger partial charge in [0.05, 0.1) is 5.57 Å². The largest absolute Gasteiger partial charge is 0.514 e. The molecule has 8 atom stereocenters. The maximum absolute atomic E-state index is 12.9. The predicted octanol–water partition coefficient (Wildman–Crippen LogP) is 11.6. The van der Waals surface area contributed by atoms with E-state index in [2.05, 4.69) is 40.7 Å². The molecule has 3 saturated carbocycles. The summed E-state index contributed by atoms with van der Waals surface area (Å²) in [7, 11) is 0. The van der Waals surface area contributed by atoms with E-state index in [1.165, 1.54) is 56.9 Å². The van der Waals surface area contributed by atoms with Crippen LogP contribution in [0.1, 0.15) is 132 Å². The van der Waals surface area contributed by atoms with Crippen molar-refractivity contribution < 1.29 is 23.9 Å². The first-order valence-corrected chi connectivity index (χ1v) is 19.7. The molecular weight excluding hydrogens is 633 g/mol. The fourth-order valence-corrected chi connectivity index (χ4v) is 11.3. The third-order valence-corrected chi connectivity index (χ3v) is 14.1. The predicted molar refractivity (Wildman–Crippen MR) is 203 cm³/mol. The summed E-state index contributed by atoms with van der Waals surface area (Å²) < 4.78 is 11.5. The van der Waals surface area contributed by atoms with Crippen LogP contribution in [0.2, 0.25) is 0 Å². The summed E-state index contributed by atoms with van der Waals surface area (Å²) in [5.41, 5.74) is 4.12. The molecule has 2 aromatic carbocycles. The van der Waals surface area contributed by atoms with Crippen LogP contribution in [0, 0.1) is 46.3 Å². The van der Waals surface area contributed by atoms with E-state index in [1.807, 2.05) is 18.2 Å². The van der Waals surface area contributed by atoms with Crippen LogP contribution in [0.4, 0.5) is 4.79 Å². The number of hydrogen-bond donors (Lipinski definition) is 0. The number of rotatable bonds is 9. The quantitative estimate of drug-likeness (QED) is 0.0862. The number of ether oxygens (including phenoxy) is 2. The van der Waals surface area contributed by atoms with Gasteiger partial charge in [-0.1, -0.05) is 114 Å². The van der Waals surface area contributed by atoms with E-state index in [9.17, 15) is 14.4 Å². The molecule has 1 unspecified atom stereocenters. The van der Waals surface area contributed by atoms with Crippen LogP contribution >= 0.6 is 0 Å². The first kappa shape index (κ1) is 35.7. The summed E-state index contributed by atoms with van der Waals surface area (Å²) in [6, 6.07) is 14.0. The highest BCUT2D eigenvalue weighted by Gasteiger charge is 2.59. The Morgan fingerprint density at radius 2 is 1.61 bits per heavy atom. The van der Waals surface area contributed by atoms with Gasteiger partial charge in [-0.25, -0.2) is 4.79 Å². The molecule has 0 spiro atoms. The number of carbonyl (C=O) groups is 3. The normalized spacial score (nSPS) is 31.8. The van der Waals surface area contributed by atoms with E-state index >= 15 is 0 Å². The van der Waals surface area contributed by atoms with Crippen molar-refractivity contribution in [2.75, 3.05) is 0 Å². The van der Waals surface area contributed by atoms with Crippen LogP contribution < -0.4 is 4.74 Å². The molecule has 7 rings (SSSR count). The minimum Gasteiger partial charge on any atom is -0.430 e. The van der Waals surface area contributed by atoms with Crippen molar-refractivity contribution in [1.29, 1.82) is 0 Å². The number of Topliss-reactive ketones (excluding diaryl/α,β-unsaturated/α-hetero) is 2. The molecule has 0 amide bonds. The van der Waals surface area contributed by atoms with E-state index in [4.69, 9.17) is 9.47 Å². The Morgan fingerprint density at radius 1 is 0.882 bits per heavy atom. The van der Waals surface area contributed by atoms with Gasteiger partial charge in [0.2, 0.25) is 0 Å². The van der Waals surface area contributed by atoms with E-state index in [1.54, 1.807) is 48.6 Å². The number of carbonyl (C=O) groups excluding carboxylic acids is 3. The Kier molecular flexibility index (Phi) is 10.0. The number of fused-ring (bicyclic) bond motifs is 6. The zero-order valence-electron chi connectivity index (χ0n) is 31.3. The Balaban J connectivity index is 0.919. The van der Waals surface area contributed by atoms with Crippen molar-refractivity contribution in [2.24, 2.45) is 46.3 Å². The fourth-order valence-electron chi connectivity index (χ4n) is 11.3. The third-order valence-electron chi connectivity index (χ3n) is 14.1. The average Bonchev–Trinajstić information content (AvgIpc) is 3.58. The molecule has 5 nitrogen and oxygen atoms in total. The molecule has 0 aliphatic heterocycles. The second-order valence-electron chi connectivity index (χ2n) is 17.3. The SMILES string of the molecule is CC(C)CCC[C@@H](C)[C@H]1CC[C@H]2[C@@H]3CC=C4CC(OC(=O)Oc5ccc(/C=C/C=C6C(=O)c7ccccc7C6=O)cc5)CC[C@]4(C)[C@H]3CC[C@]12C. The van der Waals surface area contributed by atoms with Gasteiger partial charge in [0.15, 0.2) is 11.6 Å². The van der Waals surface area contributed by atoms with E-state index in [0.29, 0.717) is 22.3 Å². The van der Waals surface area contributed by atoms with Gasteiger partial charge in [-0.15, -0.1) is 0 Å². The first-order chi connectivity index (χ1) is 24.5. The molecule has 5 aliphatic rings. The van der Waals surface area contributed by atoms with Crippen LogP contribution in [-0.4, -0.2) is 23.8 Å². The van der Waals surface area contributed by atoms with Gasteiger partial charge in [0.1, 0.15) is 11.9 Å². The summed E-state index contributed by atoms with van der Waals surface area (Å²) >= 11 is 0. The van der Waals surface area contributed by atoms with Crippen LogP contribution in [0.15, 0.2) is 77.9 Å². The number of hydrogen-bond acceptors (Lipinski definition) is 5. The average molecular weight is 689 g/mol. The molecule has 0 heterocycles. The molecule has 270 valence electrons. The highest BCUT2D eigenvalue weighted by atomic mass is 16.7. The molecule has 5 aliphatic carbocycles. The van der Waals surface area contributed by atoms with Crippen molar-refractivity contribution in [2.45, 2.75) is 111 Å². The summed E-state index contributed by atoms with van der Waals surface area (Å²) in [6.45, 7) is 12.4. The molecule has 0 saturated heterocycles. The first-order valence-electron chi connectivity index (χ1n) is 19.7. The Labute approximate surface area is 305 Å². The lowest BCUT2D eigenvalue weighted by Gasteiger charge is -2.58. The van der Waals surface area contributed by atoms with Crippen LogP contribution in [0.25, 0.3) is 6.08 Å². The summed E-state index contributed by atoms with van der Waals surface area (Å²) in [4.78, 5) is 38.1. The van der Waals surface area contributed by atoms with Gasteiger partial charge in [-0.05, 0) is 115 Å². The molecular formula is C46H56O5. The van der Waals surface area contributed by atoms with E-state index < -0.39 is 6.16 Å². The van der Waals surface area contributed by atoms with Crippen molar-refractivity contribution in [1.82, 2.24) is 0 Å². The fraction of sp³-hybridized carbons (Fsp3) is 0.543. The maximum Gasteiger partial charge on any atom is 0.514 e.